The van der Waals surface area contributed by atoms with Crippen LogP contribution < -0.4 is 5.32 Å². The standard InChI is InChI=1S/C15H20N4/c1-15(2,9-16)10-17-7-6-12-4-5-14-13(8-12)18-11-19(14)3/h4-5,8,11,17H,6-7,10H2,1-3H3. The van der Waals surface area contributed by atoms with E-state index in [4.69, 9.17) is 5.26 Å². The van der Waals surface area contributed by atoms with Crippen molar-refractivity contribution in [3.05, 3.63) is 30.1 Å². The van der Waals surface area contributed by atoms with Gasteiger partial charge in [-0.2, -0.15) is 5.26 Å². The first kappa shape index (κ1) is 13.6. The quantitative estimate of drug-likeness (QED) is 0.835. The van der Waals surface area contributed by atoms with Crippen LogP contribution in [0.3, 0.4) is 0 Å². The monoisotopic (exact) mass is 256 g/mol. The van der Waals surface area contributed by atoms with E-state index in [0.29, 0.717) is 0 Å². The number of aromatic nitrogens is 2. The summed E-state index contributed by atoms with van der Waals surface area (Å²) in [6.45, 7) is 5.48. The summed E-state index contributed by atoms with van der Waals surface area (Å²) in [7, 11) is 2.00. The lowest BCUT2D eigenvalue weighted by atomic mass is 9.96. The number of rotatable bonds is 5. The van der Waals surface area contributed by atoms with Gasteiger partial charge in [-0.05, 0) is 44.5 Å². The highest BCUT2D eigenvalue weighted by Gasteiger charge is 2.15. The second-order valence-electron chi connectivity index (χ2n) is 5.60. The van der Waals surface area contributed by atoms with Gasteiger partial charge in [0.25, 0.3) is 0 Å². The van der Waals surface area contributed by atoms with E-state index in [1.54, 1.807) is 0 Å². The lowest BCUT2D eigenvalue weighted by molar-refractivity contribution is 0.447. The van der Waals surface area contributed by atoms with Gasteiger partial charge in [0.05, 0.1) is 28.8 Å². The van der Waals surface area contributed by atoms with E-state index < -0.39 is 0 Å². The van der Waals surface area contributed by atoms with E-state index in [-0.39, 0.29) is 5.41 Å². The van der Waals surface area contributed by atoms with Crippen LogP contribution >= 0.6 is 0 Å². The Labute approximate surface area is 114 Å². The van der Waals surface area contributed by atoms with Crippen molar-refractivity contribution in [1.82, 2.24) is 14.9 Å². The number of benzene rings is 1. The van der Waals surface area contributed by atoms with Crippen LogP contribution in [-0.4, -0.2) is 22.6 Å². The first-order valence-electron chi connectivity index (χ1n) is 6.54. The maximum atomic E-state index is 8.93. The van der Waals surface area contributed by atoms with E-state index in [1.807, 2.05) is 31.8 Å². The van der Waals surface area contributed by atoms with Crippen LogP contribution in [0.2, 0.25) is 0 Å². The Morgan fingerprint density at radius 3 is 2.95 bits per heavy atom. The Morgan fingerprint density at radius 1 is 1.42 bits per heavy atom. The Bertz CT molecular complexity index is 604. The van der Waals surface area contributed by atoms with Crippen LogP contribution in [0.15, 0.2) is 24.5 Å². The molecule has 0 aliphatic rings. The lowest BCUT2D eigenvalue weighted by Gasteiger charge is -2.15. The highest BCUT2D eigenvalue weighted by Crippen LogP contribution is 2.14. The summed E-state index contributed by atoms with van der Waals surface area (Å²) >= 11 is 0. The van der Waals surface area contributed by atoms with Gasteiger partial charge in [0.1, 0.15) is 0 Å². The molecular formula is C15H20N4. The lowest BCUT2D eigenvalue weighted by Crippen LogP contribution is -2.29. The predicted molar refractivity (Wildman–Crippen MR) is 76.7 cm³/mol. The Hall–Kier alpha value is -1.86. The van der Waals surface area contributed by atoms with Crippen molar-refractivity contribution in [2.24, 2.45) is 12.5 Å². The van der Waals surface area contributed by atoms with Crippen LogP contribution in [0.4, 0.5) is 0 Å². The molecule has 1 N–H and O–H groups in total. The number of hydrogen-bond donors (Lipinski definition) is 1. The molecule has 0 radical (unpaired) electrons. The normalized spacial score (nSPS) is 11.7. The van der Waals surface area contributed by atoms with Crippen LogP contribution in [0.5, 0.6) is 0 Å². The minimum atomic E-state index is -0.301. The van der Waals surface area contributed by atoms with Gasteiger partial charge in [-0.25, -0.2) is 4.98 Å². The predicted octanol–water partition coefficient (Wildman–Crippen LogP) is 2.26. The molecule has 0 atom stereocenters. The number of nitriles is 1. The summed E-state index contributed by atoms with van der Waals surface area (Å²) < 4.78 is 2.02. The van der Waals surface area contributed by atoms with Crippen LogP contribution in [0.1, 0.15) is 19.4 Å². The van der Waals surface area contributed by atoms with Crippen molar-refractivity contribution in [2.75, 3.05) is 13.1 Å². The third-order valence-electron chi connectivity index (χ3n) is 3.25. The molecule has 1 aromatic carbocycles. The molecule has 0 aliphatic carbocycles. The maximum absolute atomic E-state index is 8.93. The highest BCUT2D eigenvalue weighted by atomic mass is 15.0. The molecule has 0 saturated heterocycles. The summed E-state index contributed by atoms with van der Waals surface area (Å²) in [5, 5.41) is 12.3. The smallest absolute Gasteiger partial charge is 0.0955 e. The Balaban J connectivity index is 1.90. The molecule has 0 amide bonds. The molecule has 1 heterocycles. The van der Waals surface area contributed by atoms with Crippen molar-refractivity contribution in [1.29, 1.82) is 5.26 Å². The zero-order chi connectivity index (χ0) is 13.9. The SMILES string of the molecule is Cn1cnc2cc(CCNCC(C)(C)C#N)ccc21. The summed E-state index contributed by atoms with van der Waals surface area (Å²) in [5.41, 5.74) is 3.17. The van der Waals surface area contributed by atoms with E-state index in [9.17, 15) is 0 Å². The molecule has 0 aliphatic heterocycles. The molecule has 0 bridgehead atoms. The summed E-state index contributed by atoms with van der Waals surface area (Å²) in [5.74, 6) is 0. The molecule has 0 fully saturated rings. The Morgan fingerprint density at radius 2 is 2.21 bits per heavy atom. The molecule has 0 saturated carbocycles. The first-order valence-corrected chi connectivity index (χ1v) is 6.54. The van der Waals surface area contributed by atoms with Gasteiger partial charge in [0.15, 0.2) is 0 Å². The molecule has 2 aromatic rings. The van der Waals surface area contributed by atoms with Crippen molar-refractivity contribution < 1.29 is 0 Å². The fourth-order valence-electron chi connectivity index (χ4n) is 2.01. The summed E-state index contributed by atoms with van der Waals surface area (Å²) in [4.78, 5) is 4.36. The first-order chi connectivity index (χ1) is 9.02. The Kier molecular flexibility index (Phi) is 3.87. The van der Waals surface area contributed by atoms with Crippen LogP contribution in [0.25, 0.3) is 11.0 Å². The average molecular weight is 256 g/mol. The number of aryl methyl sites for hydroxylation is 1. The van der Waals surface area contributed by atoms with Crippen molar-refractivity contribution in [2.45, 2.75) is 20.3 Å². The summed E-state index contributed by atoms with van der Waals surface area (Å²) in [6, 6.07) is 8.67. The topological polar surface area (TPSA) is 53.6 Å². The van der Waals surface area contributed by atoms with Gasteiger partial charge in [0.2, 0.25) is 0 Å². The molecule has 100 valence electrons. The number of nitrogens with one attached hydrogen (secondary N) is 1. The molecule has 0 spiro atoms. The highest BCUT2D eigenvalue weighted by molar-refractivity contribution is 5.75. The molecule has 19 heavy (non-hydrogen) atoms. The second kappa shape index (κ2) is 5.41. The van der Waals surface area contributed by atoms with Crippen molar-refractivity contribution >= 4 is 11.0 Å². The largest absolute Gasteiger partial charge is 0.334 e. The minimum Gasteiger partial charge on any atom is -0.334 e. The zero-order valence-corrected chi connectivity index (χ0v) is 11.8. The van der Waals surface area contributed by atoms with Gasteiger partial charge < -0.3 is 9.88 Å². The van der Waals surface area contributed by atoms with E-state index in [2.05, 4.69) is 34.6 Å². The second-order valence-corrected chi connectivity index (χ2v) is 5.60. The maximum Gasteiger partial charge on any atom is 0.0955 e. The van der Waals surface area contributed by atoms with Gasteiger partial charge in [-0.15, -0.1) is 0 Å². The van der Waals surface area contributed by atoms with Gasteiger partial charge in [-0.3, -0.25) is 0 Å². The van der Waals surface area contributed by atoms with Gasteiger partial charge in [-0.1, -0.05) is 6.07 Å². The number of nitrogens with zero attached hydrogens (tertiary/aromatic N) is 3. The summed E-state index contributed by atoms with van der Waals surface area (Å²) in [6.07, 6.45) is 2.79. The molecule has 4 heteroatoms. The third-order valence-corrected chi connectivity index (χ3v) is 3.25. The molecular weight excluding hydrogens is 236 g/mol. The fourth-order valence-corrected chi connectivity index (χ4v) is 2.01. The number of hydrogen-bond acceptors (Lipinski definition) is 3. The van der Waals surface area contributed by atoms with Crippen LogP contribution in [-0.2, 0) is 13.5 Å². The molecule has 1 aromatic heterocycles. The van der Waals surface area contributed by atoms with E-state index >= 15 is 0 Å². The third kappa shape index (κ3) is 3.33. The molecule has 4 nitrogen and oxygen atoms in total. The fraction of sp³-hybridized carbons (Fsp3) is 0.467. The molecule has 2 rings (SSSR count). The van der Waals surface area contributed by atoms with Gasteiger partial charge >= 0.3 is 0 Å². The van der Waals surface area contributed by atoms with Gasteiger partial charge in [0, 0.05) is 13.6 Å². The minimum absolute atomic E-state index is 0.301. The molecule has 0 unspecified atom stereocenters. The average Bonchev–Trinajstić information content (AvgIpc) is 2.76. The number of fused-ring (bicyclic) bond motifs is 1. The zero-order valence-electron chi connectivity index (χ0n) is 11.8. The van der Waals surface area contributed by atoms with E-state index in [1.165, 1.54) is 5.56 Å². The van der Waals surface area contributed by atoms with Crippen LogP contribution in [0, 0.1) is 16.7 Å². The van der Waals surface area contributed by atoms with E-state index in [0.717, 1.165) is 30.5 Å². The van der Waals surface area contributed by atoms with Crippen molar-refractivity contribution in [3.63, 3.8) is 0 Å². The van der Waals surface area contributed by atoms with Crippen molar-refractivity contribution in [3.8, 4) is 6.07 Å². The number of imidazole rings is 1.